The van der Waals surface area contributed by atoms with Crippen LogP contribution < -0.4 is 11.5 Å². The molecule has 0 aliphatic carbocycles. The summed E-state index contributed by atoms with van der Waals surface area (Å²) in [5.74, 6) is 0. The first-order valence-corrected chi connectivity index (χ1v) is 8.20. The van der Waals surface area contributed by atoms with Crippen LogP contribution >= 0.6 is 0 Å². The van der Waals surface area contributed by atoms with Gasteiger partial charge in [-0.15, -0.1) is 0 Å². The van der Waals surface area contributed by atoms with Gasteiger partial charge in [-0.3, -0.25) is 0 Å². The molecule has 0 saturated carbocycles. The molecule has 0 spiro atoms. The van der Waals surface area contributed by atoms with E-state index in [0.29, 0.717) is 11.4 Å². The van der Waals surface area contributed by atoms with Crippen LogP contribution in [0.1, 0.15) is 16.7 Å². The van der Waals surface area contributed by atoms with E-state index in [9.17, 15) is 5.11 Å². The summed E-state index contributed by atoms with van der Waals surface area (Å²) in [5, 5.41) is 9.42. The third kappa shape index (κ3) is 3.09. The molecule has 25 heavy (non-hydrogen) atoms. The highest BCUT2D eigenvalue weighted by molar-refractivity contribution is 5.64. The van der Waals surface area contributed by atoms with Crippen LogP contribution in [0.25, 0.3) is 0 Å². The van der Waals surface area contributed by atoms with Crippen molar-refractivity contribution in [3.63, 3.8) is 0 Å². The van der Waals surface area contributed by atoms with E-state index in [1.165, 1.54) is 0 Å². The first-order chi connectivity index (χ1) is 12.2. The van der Waals surface area contributed by atoms with Crippen molar-refractivity contribution in [2.75, 3.05) is 24.7 Å². The molecule has 4 heteroatoms. The second-order valence-electron chi connectivity index (χ2n) is 5.79. The molecular formula is C21H22N2O2. The highest BCUT2D eigenvalue weighted by Crippen LogP contribution is 2.44. The van der Waals surface area contributed by atoms with Crippen LogP contribution in [0, 0.1) is 0 Å². The Balaban J connectivity index is 2.36. The number of nitrogens with two attached hydrogens (primary N) is 2. The average molecular weight is 334 g/mol. The molecular weight excluding hydrogens is 312 g/mol. The van der Waals surface area contributed by atoms with Crippen molar-refractivity contribution in [2.24, 2.45) is 0 Å². The molecule has 0 fully saturated rings. The fourth-order valence-electron chi connectivity index (χ4n) is 3.20. The Morgan fingerprint density at radius 2 is 1.20 bits per heavy atom. The van der Waals surface area contributed by atoms with E-state index in [0.717, 1.165) is 16.7 Å². The predicted molar refractivity (Wildman–Crippen MR) is 101 cm³/mol. The number of hydrogen-bond donors (Lipinski definition) is 3. The molecule has 128 valence electrons. The number of aliphatic hydroxyl groups excluding tert-OH is 1. The highest BCUT2D eigenvalue weighted by atomic mass is 16.5. The van der Waals surface area contributed by atoms with Gasteiger partial charge in [-0.05, 0) is 17.7 Å². The quantitative estimate of drug-likeness (QED) is 0.478. The number of benzene rings is 3. The number of rotatable bonds is 6. The van der Waals surface area contributed by atoms with Crippen molar-refractivity contribution in [2.45, 2.75) is 5.60 Å². The Kier molecular flexibility index (Phi) is 5.03. The molecule has 0 aliphatic heterocycles. The van der Waals surface area contributed by atoms with E-state index in [-0.39, 0.29) is 13.2 Å². The zero-order valence-corrected chi connectivity index (χ0v) is 13.9. The lowest BCUT2D eigenvalue weighted by Gasteiger charge is -2.37. The predicted octanol–water partition coefficient (Wildman–Crippen LogP) is 3.15. The third-order valence-corrected chi connectivity index (χ3v) is 4.27. The van der Waals surface area contributed by atoms with Crippen LogP contribution in [0.15, 0.2) is 78.9 Å². The van der Waals surface area contributed by atoms with Gasteiger partial charge in [0.05, 0.1) is 13.2 Å². The van der Waals surface area contributed by atoms with E-state index in [4.69, 9.17) is 16.2 Å². The maximum atomic E-state index is 9.42. The fraction of sp³-hybridized carbons (Fsp3) is 0.143. The van der Waals surface area contributed by atoms with Gasteiger partial charge < -0.3 is 21.3 Å². The minimum absolute atomic E-state index is 0.103. The van der Waals surface area contributed by atoms with E-state index >= 15 is 0 Å². The Hall–Kier alpha value is -2.82. The average Bonchev–Trinajstić information content (AvgIpc) is 2.65. The van der Waals surface area contributed by atoms with Crippen LogP contribution in [0.3, 0.4) is 0 Å². The van der Waals surface area contributed by atoms with E-state index in [2.05, 4.69) is 0 Å². The van der Waals surface area contributed by atoms with Gasteiger partial charge in [-0.2, -0.15) is 0 Å². The Morgan fingerprint density at radius 3 is 1.68 bits per heavy atom. The van der Waals surface area contributed by atoms with Gasteiger partial charge in [0.15, 0.2) is 0 Å². The summed E-state index contributed by atoms with van der Waals surface area (Å²) in [7, 11) is 0. The minimum atomic E-state index is -0.999. The van der Waals surface area contributed by atoms with Crippen molar-refractivity contribution in [3.8, 4) is 0 Å². The van der Waals surface area contributed by atoms with Gasteiger partial charge in [-0.1, -0.05) is 66.7 Å². The van der Waals surface area contributed by atoms with Gasteiger partial charge in [-0.25, -0.2) is 0 Å². The van der Waals surface area contributed by atoms with Crippen LogP contribution in [0.2, 0.25) is 0 Å². The smallest absolute Gasteiger partial charge is 0.147 e. The molecule has 0 atom stereocenters. The molecule has 3 aromatic rings. The summed E-state index contributed by atoms with van der Waals surface area (Å²) in [6.45, 7) is 0.0472. The van der Waals surface area contributed by atoms with Crippen molar-refractivity contribution < 1.29 is 9.84 Å². The first-order valence-electron chi connectivity index (χ1n) is 8.20. The normalized spacial score (nSPS) is 11.4. The summed E-state index contributed by atoms with van der Waals surface area (Å²) in [6, 6.07) is 25.0. The molecule has 5 N–H and O–H groups in total. The summed E-state index contributed by atoms with van der Waals surface area (Å²) in [6.07, 6.45) is 0. The lowest BCUT2D eigenvalue weighted by molar-refractivity contribution is -0.00553. The Labute approximate surface area is 147 Å². The van der Waals surface area contributed by atoms with E-state index in [1.807, 2.05) is 78.9 Å². The van der Waals surface area contributed by atoms with Gasteiger partial charge in [0.25, 0.3) is 0 Å². The second kappa shape index (κ2) is 7.38. The van der Waals surface area contributed by atoms with Crippen LogP contribution in [-0.4, -0.2) is 18.3 Å². The standard InChI is InChI=1S/C21H22N2O2/c22-19-12-6-4-10-17(19)21(25-15-14-24,16-8-2-1-3-9-16)18-11-5-7-13-20(18)23/h1-13,24H,14-15,22-23H2. The van der Waals surface area contributed by atoms with Crippen LogP contribution in [0.4, 0.5) is 11.4 Å². The fourth-order valence-corrected chi connectivity index (χ4v) is 3.20. The number of anilines is 2. The maximum Gasteiger partial charge on any atom is 0.147 e. The topological polar surface area (TPSA) is 81.5 Å². The number of hydrogen-bond acceptors (Lipinski definition) is 4. The zero-order chi connectivity index (χ0) is 17.7. The van der Waals surface area contributed by atoms with Gasteiger partial charge in [0.2, 0.25) is 0 Å². The highest BCUT2D eigenvalue weighted by Gasteiger charge is 2.40. The summed E-state index contributed by atoms with van der Waals surface area (Å²) < 4.78 is 6.29. The lowest BCUT2D eigenvalue weighted by Crippen LogP contribution is -2.35. The number of para-hydroxylation sites is 2. The van der Waals surface area contributed by atoms with Gasteiger partial charge in [0, 0.05) is 22.5 Å². The SMILES string of the molecule is Nc1ccccc1C(OCCO)(c1ccccc1)c1ccccc1N. The molecule has 0 radical (unpaired) electrons. The minimum Gasteiger partial charge on any atom is -0.398 e. The number of aliphatic hydroxyl groups is 1. The molecule has 0 saturated heterocycles. The molecule has 0 amide bonds. The zero-order valence-electron chi connectivity index (χ0n) is 13.9. The molecule has 0 bridgehead atoms. The molecule has 3 rings (SSSR count). The largest absolute Gasteiger partial charge is 0.398 e. The summed E-state index contributed by atoms with van der Waals surface area (Å²) in [4.78, 5) is 0. The maximum absolute atomic E-state index is 9.42. The van der Waals surface area contributed by atoms with Crippen molar-refractivity contribution in [1.29, 1.82) is 0 Å². The first kappa shape index (κ1) is 17.0. The molecule has 0 aliphatic rings. The molecule has 4 nitrogen and oxygen atoms in total. The Morgan fingerprint density at radius 1 is 0.720 bits per heavy atom. The lowest BCUT2D eigenvalue weighted by atomic mass is 9.78. The van der Waals surface area contributed by atoms with Gasteiger partial charge in [0.1, 0.15) is 5.60 Å². The summed E-state index contributed by atoms with van der Waals surface area (Å²) >= 11 is 0. The molecule has 0 unspecified atom stereocenters. The molecule has 3 aromatic carbocycles. The van der Waals surface area contributed by atoms with Crippen molar-refractivity contribution in [3.05, 3.63) is 95.6 Å². The van der Waals surface area contributed by atoms with Crippen LogP contribution in [-0.2, 0) is 10.3 Å². The van der Waals surface area contributed by atoms with Crippen LogP contribution in [0.5, 0.6) is 0 Å². The third-order valence-electron chi connectivity index (χ3n) is 4.27. The molecule has 0 aromatic heterocycles. The Bertz CT molecular complexity index is 789. The molecule has 0 heterocycles. The van der Waals surface area contributed by atoms with Crippen molar-refractivity contribution >= 4 is 11.4 Å². The van der Waals surface area contributed by atoms with Gasteiger partial charge >= 0.3 is 0 Å². The van der Waals surface area contributed by atoms with E-state index < -0.39 is 5.60 Å². The second-order valence-corrected chi connectivity index (χ2v) is 5.79. The summed E-state index contributed by atoms with van der Waals surface area (Å²) in [5.41, 5.74) is 15.3. The number of ether oxygens (including phenoxy) is 1. The van der Waals surface area contributed by atoms with E-state index in [1.54, 1.807) is 0 Å². The monoisotopic (exact) mass is 334 g/mol. The van der Waals surface area contributed by atoms with Crippen molar-refractivity contribution in [1.82, 2.24) is 0 Å². The number of nitrogen functional groups attached to an aromatic ring is 2.